The maximum Gasteiger partial charge on any atom is 0.271 e. The number of nitrogens with zero attached hydrogens (tertiary/aromatic N) is 4. The molecule has 4 atom stereocenters. The standard InChI is InChI=1S/C20H20N4O5/c1-20(2,3)17(25)16-15-14(13-8-5-9-21-23(13)16)18(26)22(19(15)27)11-6-4-7-12(10-11)24(28)29/h4-10,13-16H,1-3H3/t13-,14-,15-,16+/m1/s1. The molecule has 0 bridgehead atoms. The number of hydrazone groups is 1. The summed E-state index contributed by atoms with van der Waals surface area (Å²) in [5.41, 5.74) is -0.810. The minimum atomic E-state index is -0.890. The zero-order valence-corrected chi connectivity index (χ0v) is 16.2. The number of imide groups is 1. The third-order valence-corrected chi connectivity index (χ3v) is 5.60. The minimum absolute atomic E-state index is 0.139. The van der Waals surface area contributed by atoms with Crippen molar-refractivity contribution in [2.45, 2.75) is 32.9 Å². The molecule has 150 valence electrons. The number of nitro benzene ring substituents is 1. The van der Waals surface area contributed by atoms with Gasteiger partial charge in [0.1, 0.15) is 6.04 Å². The van der Waals surface area contributed by atoms with Gasteiger partial charge in [0.05, 0.1) is 28.5 Å². The van der Waals surface area contributed by atoms with Gasteiger partial charge in [0, 0.05) is 23.8 Å². The van der Waals surface area contributed by atoms with Crippen molar-refractivity contribution in [1.29, 1.82) is 0 Å². The number of allylic oxidation sites excluding steroid dienone is 1. The van der Waals surface area contributed by atoms with E-state index >= 15 is 0 Å². The van der Waals surface area contributed by atoms with Crippen molar-refractivity contribution in [2.24, 2.45) is 22.4 Å². The number of non-ortho nitro benzene ring substituents is 1. The Balaban J connectivity index is 1.79. The van der Waals surface area contributed by atoms with Crippen LogP contribution in [0.15, 0.2) is 41.5 Å². The lowest BCUT2D eigenvalue weighted by Crippen LogP contribution is -2.49. The number of fused-ring (bicyclic) bond motifs is 3. The molecule has 3 aliphatic heterocycles. The Morgan fingerprint density at radius 3 is 2.52 bits per heavy atom. The smallest absolute Gasteiger partial charge is 0.271 e. The molecule has 0 unspecified atom stereocenters. The van der Waals surface area contributed by atoms with Gasteiger partial charge in [-0.25, -0.2) is 4.90 Å². The zero-order chi connectivity index (χ0) is 21.1. The number of benzene rings is 1. The summed E-state index contributed by atoms with van der Waals surface area (Å²) in [4.78, 5) is 51.3. The van der Waals surface area contributed by atoms with E-state index in [9.17, 15) is 24.5 Å². The quantitative estimate of drug-likeness (QED) is 0.438. The highest BCUT2D eigenvalue weighted by atomic mass is 16.6. The van der Waals surface area contributed by atoms with Crippen LogP contribution >= 0.6 is 0 Å². The fourth-order valence-corrected chi connectivity index (χ4v) is 4.28. The molecule has 0 saturated carbocycles. The van der Waals surface area contributed by atoms with Crippen LogP contribution < -0.4 is 4.90 Å². The second-order valence-electron chi connectivity index (χ2n) is 8.42. The topological polar surface area (TPSA) is 113 Å². The second kappa shape index (κ2) is 6.33. The molecule has 3 aliphatic rings. The Morgan fingerprint density at radius 1 is 1.17 bits per heavy atom. The van der Waals surface area contributed by atoms with Gasteiger partial charge >= 0.3 is 0 Å². The van der Waals surface area contributed by atoms with Crippen molar-refractivity contribution in [3.05, 3.63) is 46.5 Å². The van der Waals surface area contributed by atoms with E-state index in [4.69, 9.17) is 0 Å². The maximum atomic E-state index is 13.3. The molecule has 4 rings (SSSR count). The number of hydrogen-bond donors (Lipinski definition) is 0. The van der Waals surface area contributed by atoms with Gasteiger partial charge in [-0.2, -0.15) is 5.10 Å². The first-order chi connectivity index (χ1) is 13.6. The van der Waals surface area contributed by atoms with E-state index in [2.05, 4.69) is 5.10 Å². The number of ketones is 1. The zero-order valence-electron chi connectivity index (χ0n) is 16.2. The van der Waals surface area contributed by atoms with E-state index in [-0.39, 0.29) is 17.2 Å². The molecule has 9 nitrogen and oxygen atoms in total. The number of hydrogen-bond acceptors (Lipinski definition) is 7. The Hall–Kier alpha value is -3.36. The molecular formula is C20H20N4O5. The molecule has 2 fully saturated rings. The summed E-state index contributed by atoms with van der Waals surface area (Å²) in [6, 6.07) is 4.02. The van der Waals surface area contributed by atoms with Crippen LogP contribution in [0.2, 0.25) is 0 Å². The van der Waals surface area contributed by atoms with E-state index in [1.807, 2.05) is 0 Å². The number of rotatable bonds is 3. The molecule has 1 aromatic carbocycles. The highest BCUT2D eigenvalue weighted by Crippen LogP contribution is 2.47. The number of carbonyl (C=O) groups excluding carboxylic acids is 3. The van der Waals surface area contributed by atoms with Crippen molar-refractivity contribution in [1.82, 2.24) is 5.01 Å². The fourth-order valence-electron chi connectivity index (χ4n) is 4.28. The molecule has 3 heterocycles. The third kappa shape index (κ3) is 2.76. The molecule has 0 spiro atoms. The summed E-state index contributed by atoms with van der Waals surface area (Å²) in [5.74, 6) is -2.84. The number of amides is 2. The van der Waals surface area contributed by atoms with Crippen LogP contribution in [0, 0.1) is 27.4 Å². The predicted octanol–water partition coefficient (Wildman–Crippen LogP) is 1.92. The Bertz CT molecular complexity index is 993. The second-order valence-corrected chi connectivity index (χ2v) is 8.42. The Kier molecular flexibility index (Phi) is 4.14. The summed E-state index contributed by atoms with van der Waals surface area (Å²) in [6.45, 7) is 5.29. The number of nitro groups is 1. The Morgan fingerprint density at radius 2 is 1.86 bits per heavy atom. The largest absolute Gasteiger partial charge is 0.297 e. The normalized spacial score (nSPS) is 28.0. The molecular weight excluding hydrogens is 376 g/mol. The molecule has 29 heavy (non-hydrogen) atoms. The molecule has 9 heteroatoms. The van der Waals surface area contributed by atoms with E-state index in [0.29, 0.717) is 0 Å². The summed E-state index contributed by atoms with van der Waals surface area (Å²) < 4.78 is 0. The Labute approximate surface area is 166 Å². The van der Waals surface area contributed by atoms with Crippen LogP contribution in [0.1, 0.15) is 20.8 Å². The maximum absolute atomic E-state index is 13.3. The van der Waals surface area contributed by atoms with Crippen molar-refractivity contribution in [2.75, 3.05) is 4.90 Å². The molecule has 1 aromatic rings. The average Bonchev–Trinajstić information content (AvgIpc) is 3.13. The monoisotopic (exact) mass is 396 g/mol. The minimum Gasteiger partial charge on any atom is -0.297 e. The molecule has 0 N–H and O–H groups in total. The highest BCUT2D eigenvalue weighted by molar-refractivity contribution is 6.24. The molecule has 0 aliphatic carbocycles. The first-order valence-electron chi connectivity index (χ1n) is 9.28. The van der Waals surface area contributed by atoms with Crippen LogP contribution in [0.3, 0.4) is 0 Å². The highest BCUT2D eigenvalue weighted by Gasteiger charge is 2.64. The fraction of sp³-hybridized carbons (Fsp3) is 0.400. The van der Waals surface area contributed by atoms with Gasteiger partial charge in [-0.3, -0.25) is 29.5 Å². The first kappa shape index (κ1) is 19.0. The molecule has 0 radical (unpaired) electrons. The van der Waals surface area contributed by atoms with Gasteiger partial charge in [-0.05, 0) is 12.1 Å². The lowest BCUT2D eigenvalue weighted by Gasteiger charge is -2.33. The van der Waals surface area contributed by atoms with E-state index in [0.717, 1.165) is 4.90 Å². The SMILES string of the molecule is CC(C)(C)C(=O)[C@@H]1[C@@H]2C(=O)N(c3cccc([N+](=O)[O-])c3)C(=O)[C@@H]2[C@H]2C=CC=NN21. The number of anilines is 1. The predicted molar refractivity (Wildman–Crippen MR) is 104 cm³/mol. The van der Waals surface area contributed by atoms with E-state index in [1.54, 1.807) is 37.9 Å². The summed E-state index contributed by atoms with van der Waals surface area (Å²) in [6.07, 6.45) is 4.99. The van der Waals surface area contributed by atoms with E-state index in [1.165, 1.54) is 30.5 Å². The van der Waals surface area contributed by atoms with E-state index < -0.39 is 46.1 Å². The van der Waals surface area contributed by atoms with Crippen molar-refractivity contribution < 1.29 is 19.3 Å². The summed E-state index contributed by atoms with van der Waals surface area (Å²) in [7, 11) is 0. The first-order valence-corrected chi connectivity index (χ1v) is 9.28. The average molecular weight is 396 g/mol. The van der Waals surface area contributed by atoms with Crippen molar-refractivity contribution in [3.63, 3.8) is 0 Å². The number of carbonyl (C=O) groups is 3. The van der Waals surface area contributed by atoms with Crippen molar-refractivity contribution in [3.8, 4) is 0 Å². The lowest BCUT2D eigenvalue weighted by molar-refractivity contribution is -0.384. The van der Waals surface area contributed by atoms with Crippen LogP contribution in [-0.2, 0) is 14.4 Å². The van der Waals surface area contributed by atoms with Gasteiger partial charge in [-0.15, -0.1) is 0 Å². The summed E-state index contributed by atoms with van der Waals surface area (Å²) in [5, 5.41) is 16.9. The van der Waals surface area contributed by atoms with Crippen LogP contribution in [0.5, 0.6) is 0 Å². The van der Waals surface area contributed by atoms with Crippen molar-refractivity contribution >= 4 is 35.2 Å². The van der Waals surface area contributed by atoms with Crippen LogP contribution in [-0.4, -0.2) is 45.8 Å². The van der Waals surface area contributed by atoms with Gasteiger partial charge in [-0.1, -0.05) is 32.9 Å². The number of Topliss-reactive ketones (excluding diaryl/α,β-unsaturated/α-hetero) is 1. The third-order valence-electron chi connectivity index (χ3n) is 5.60. The van der Waals surface area contributed by atoms with Gasteiger partial charge in [0.15, 0.2) is 5.78 Å². The van der Waals surface area contributed by atoms with Gasteiger partial charge in [0.25, 0.3) is 5.69 Å². The van der Waals surface area contributed by atoms with Crippen LogP contribution in [0.4, 0.5) is 11.4 Å². The molecule has 0 aromatic heterocycles. The van der Waals surface area contributed by atoms with Crippen LogP contribution in [0.25, 0.3) is 0 Å². The molecule has 2 amide bonds. The molecule has 2 saturated heterocycles. The van der Waals surface area contributed by atoms with Gasteiger partial charge in [0.2, 0.25) is 11.8 Å². The summed E-state index contributed by atoms with van der Waals surface area (Å²) >= 11 is 0. The lowest BCUT2D eigenvalue weighted by atomic mass is 9.80. The van der Waals surface area contributed by atoms with Gasteiger partial charge < -0.3 is 0 Å².